The van der Waals surface area contributed by atoms with Crippen LogP contribution in [0.5, 0.6) is 0 Å². The molecule has 2 rings (SSSR count). The number of aryl methyl sites for hydroxylation is 1. The average molecular weight is 313 g/mol. The molecule has 76 valence electrons. The summed E-state index contributed by atoms with van der Waals surface area (Å²) in [7, 11) is 1.77. The molecule has 0 saturated carbocycles. The van der Waals surface area contributed by atoms with E-state index in [9.17, 15) is 4.79 Å². The first-order valence-electron chi connectivity index (χ1n) is 4.33. The zero-order valence-corrected chi connectivity index (χ0v) is 10.2. The molecule has 0 aliphatic carbocycles. The van der Waals surface area contributed by atoms with Crippen molar-refractivity contribution in [3.8, 4) is 11.3 Å². The van der Waals surface area contributed by atoms with E-state index in [4.69, 9.17) is 0 Å². The molecule has 1 aromatic heterocycles. The number of carbonyl (C=O) groups is 1. The van der Waals surface area contributed by atoms with E-state index in [0.717, 1.165) is 21.1 Å². The van der Waals surface area contributed by atoms with E-state index in [1.165, 1.54) is 0 Å². The number of rotatable bonds is 2. The Kier molecular flexibility index (Phi) is 2.81. The molecule has 0 bridgehead atoms. The number of hydrogen-bond donors (Lipinski definition) is 0. The molecule has 1 heterocycles. The van der Waals surface area contributed by atoms with E-state index in [1.807, 2.05) is 24.3 Å². The van der Waals surface area contributed by atoms with Crippen LogP contribution in [-0.4, -0.2) is 21.3 Å². The second-order valence-corrected chi connectivity index (χ2v) is 4.32. The maximum absolute atomic E-state index is 10.8. The van der Waals surface area contributed by atoms with Crippen LogP contribution in [0, 0.1) is 3.57 Å². The number of aromatic nitrogens is 3. The molecule has 0 unspecified atom stereocenters. The van der Waals surface area contributed by atoms with E-state index in [-0.39, 0.29) is 0 Å². The molecule has 0 aliphatic heterocycles. The van der Waals surface area contributed by atoms with Crippen molar-refractivity contribution in [2.24, 2.45) is 7.05 Å². The van der Waals surface area contributed by atoms with Gasteiger partial charge in [0.2, 0.25) is 0 Å². The Morgan fingerprint density at radius 2 is 2.00 bits per heavy atom. The summed E-state index contributed by atoms with van der Waals surface area (Å²) in [6.45, 7) is 0. The Balaban J connectivity index is 2.57. The second kappa shape index (κ2) is 4.09. The zero-order valence-electron chi connectivity index (χ0n) is 8.01. The Labute approximate surface area is 100 Å². The first kappa shape index (κ1) is 10.3. The molecule has 0 aliphatic rings. The molecule has 5 heteroatoms. The number of carbonyl (C=O) groups excluding carboxylic acids is 1. The van der Waals surface area contributed by atoms with Gasteiger partial charge in [0.15, 0.2) is 12.0 Å². The van der Waals surface area contributed by atoms with Gasteiger partial charge in [-0.1, -0.05) is 17.3 Å². The summed E-state index contributed by atoms with van der Waals surface area (Å²) in [6, 6.07) is 7.87. The smallest absolute Gasteiger partial charge is 0.172 e. The van der Waals surface area contributed by atoms with Crippen LogP contribution in [0.15, 0.2) is 24.3 Å². The summed E-state index contributed by atoms with van der Waals surface area (Å²) in [5.41, 5.74) is 2.07. The van der Waals surface area contributed by atoms with Gasteiger partial charge in [0.1, 0.15) is 0 Å². The number of hydrogen-bond acceptors (Lipinski definition) is 3. The van der Waals surface area contributed by atoms with Gasteiger partial charge in [-0.15, -0.1) is 5.10 Å². The lowest BCUT2D eigenvalue weighted by atomic mass is 10.1. The number of benzene rings is 1. The molecule has 0 N–H and O–H groups in total. The highest BCUT2D eigenvalue weighted by Crippen LogP contribution is 2.21. The molecule has 0 amide bonds. The molecule has 0 radical (unpaired) electrons. The summed E-state index contributed by atoms with van der Waals surface area (Å²) >= 11 is 2.23. The third-order valence-corrected chi connectivity index (χ3v) is 2.80. The minimum absolute atomic E-state index is 0.374. The van der Waals surface area contributed by atoms with Crippen LogP contribution < -0.4 is 0 Å². The molecule has 0 spiro atoms. The van der Waals surface area contributed by atoms with Gasteiger partial charge in [0, 0.05) is 16.2 Å². The van der Waals surface area contributed by atoms with Crippen LogP contribution in [0.3, 0.4) is 0 Å². The van der Waals surface area contributed by atoms with Crippen molar-refractivity contribution >= 4 is 28.9 Å². The maximum Gasteiger partial charge on any atom is 0.172 e. The van der Waals surface area contributed by atoms with E-state index < -0.39 is 0 Å². The predicted molar refractivity (Wildman–Crippen MR) is 64.5 cm³/mol. The minimum atomic E-state index is 0.374. The fraction of sp³-hybridized carbons (Fsp3) is 0.100. The molecule has 1 aromatic carbocycles. The standard InChI is InChI=1S/C10H8IN3O/c1-14-10(9(6-15)12-13-14)7-2-4-8(11)5-3-7/h2-6H,1H3. The molecule has 2 aromatic rings. The summed E-state index contributed by atoms with van der Waals surface area (Å²) < 4.78 is 2.76. The minimum Gasteiger partial charge on any atom is -0.296 e. The van der Waals surface area contributed by atoms with Crippen molar-refractivity contribution in [3.63, 3.8) is 0 Å². The van der Waals surface area contributed by atoms with Crippen molar-refractivity contribution in [1.82, 2.24) is 15.0 Å². The highest BCUT2D eigenvalue weighted by atomic mass is 127. The monoisotopic (exact) mass is 313 g/mol. The largest absolute Gasteiger partial charge is 0.296 e. The summed E-state index contributed by atoms with van der Waals surface area (Å²) in [6.07, 6.45) is 0.723. The van der Waals surface area contributed by atoms with Gasteiger partial charge < -0.3 is 0 Å². The SMILES string of the molecule is Cn1nnc(C=O)c1-c1ccc(I)cc1. The predicted octanol–water partition coefficient (Wildman–Crippen LogP) is 1.90. The number of aldehydes is 1. The van der Waals surface area contributed by atoms with Crippen LogP contribution in [0.4, 0.5) is 0 Å². The van der Waals surface area contributed by atoms with E-state index in [0.29, 0.717) is 5.69 Å². The first-order chi connectivity index (χ1) is 7.22. The molecule has 15 heavy (non-hydrogen) atoms. The van der Waals surface area contributed by atoms with Crippen LogP contribution in [-0.2, 0) is 7.05 Å². The van der Waals surface area contributed by atoms with E-state index >= 15 is 0 Å². The molecule has 0 fully saturated rings. The first-order valence-corrected chi connectivity index (χ1v) is 5.41. The van der Waals surface area contributed by atoms with Gasteiger partial charge in [-0.3, -0.25) is 4.79 Å². The van der Waals surface area contributed by atoms with Crippen molar-refractivity contribution in [2.75, 3.05) is 0 Å². The van der Waals surface area contributed by atoms with Crippen LogP contribution in [0.25, 0.3) is 11.3 Å². The Morgan fingerprint density at radius 1 is 1.33 bits per heavy atom. The molecule has 0 atom stereocenters. The Bertz CT molecular complexity index is 490. The molecular weight excluding hydrogens is 305 g/mol. The van der Waals surface area contributed by atoms with Gasteiger partial charge in [0.05, 0.1) is 5.69 Å². The lowest BCUT2D eigenvalue weighted by Gasteiger charge is -2.01. The quantitative estimate of drug-likeness (QED) is 0.628. The second-order valence-electron chi connectivity index (χ2n) is 3.07. The number of nitrogens with zero attached hydrogens (tertiary/aromatic N) is 3. The molecule has 4 nitrogen and oxygen atoms in total. The topological polar surface area (TPSA) is 47.8 Å². The average Bonchev–Trinajstić information content (AvgIpc) is 2.61. The maximum atomic E-state index is 10.8. The van der Waals surface area contributed by atoms with Crippen molar-refractivity contribution in [2.45, 2.75) is 0 Å². The summed E-state index contributed by atoms with van der Waals surface area (Å²) in [5, 5.41) is 7.60. The van der Waals surface area contributed by atoms with E-state index in [2.05, 4.69) is 32.9 Å². The van der Waals surface area contributed by atoms with Gasteiger partial charge in [-0.25, -0.2) is 4.68 Å². The highest BCUT2D eigenvalue weighted by molar-refractivity contribution is 14.1. The van der Waals surface area contributed by atoms with Crippen LogP contribution in [0.2, 0.25) is 0 Å². The van der Waals surface area contributed by atoms with Crippen LogP contribution >= 0.6 is 22.6 Å². The van der Waals surface area contributed by atoms with Crippen molar-refractivity contribution < 1.29 is 4.79 Å². The van der Waals surface area contributed by atoms with Gasteiger partial charge in [-0.05, 0) is 34.7 Å². The lowest BCUT2D eigenvalue weighted by Crippen LogP contribution is -1.95. The summed E-state index contributed by atoms with van der Waals surface area (Å²) in [5.74, 6) is 0. The van der Waals surface area contributed by atoms with E-state index in [1.54, 1.807) is 11.7 Å². The van der Waals surface area contributed by atoms with Crippen molar-refractivity contribution in [1.29, 1.82) is 0 Å². The van der Waals surface area contributed by atoms with Crippen molar-refractivity contribution in [3.05, 3.63) is 33.5 Å². The highest BCUT2D eigenvalue weighted by Gasteiger charge is 2.11. The fourth-order valence-corrected chi connectivity index (χ4v) is 1.75. The normalized spacial score (nSPS) is 10.3. The summed E-state index contributed by atoms with van der Waals surface area (Å²) in [4.78, 5) is 10.8. The number of halogens is 1. The van der Waals surface area contributed by atoms with Crippen LogP contribution in [0.1, 0.15) is 10.5 Å². The Morgan fingerprint density at radius 3 is 2.60 bits per heavy atom. The lowest BCUT2D eigenvalue weighted by molar-refractivity contribution is 0.111. The van der Waals surface area contributed by atoms with Gasteiger partial charge in [0.25, 0.3) is 0 Å². The Hall–Kier alpha value is -1.24. The molecular formula is C10H8IN3O. The van der Waals surface area contributed by atoms with Gasteiger partial charge in [-0.2, -0.15) is 0 Å². The third-order valence-electron chi connectivity index (χ3n) is 2.08. The molecule has 0 saturated heterocycles. The third kappa shape index (κ3) is 1.92. The van der Waals surface area contributed by atoms with Gasteiger partial charge >= 0.3 is 0 Å². The zero-order chi connectivity index (χ0) is 10.8. The fourth-order valence-electron chi connectivity index (χ4n) is 1.39.